The summed E-state index contributed by atoms with van der Waals surface area (Å²) in [6.45, 7) is 0. The van der Waals surface area contributed by atoms with E-state index in [2.05, 4.69) is 47.8 Å². The van der Waals surface area contributed by atoms with Gasteiger partial charge in [-0.25, -0.2) is 0 Å². The van der Waals surface area contributed by atoms with Crippen LogP contribution in [-0.4, -0.2) is 0 Å². The van der Waals surface area contributed by atoms with Gasteiger partial charge in [-0.3, -0.25) is 0 Å². The lowest BCUT2D eigenvalue weighted by molar-refractivity contribution is 1.01. The van der Waals surface area contributed by atoms with E-state index in [1.807, 2.05) is 11.3 Å². The van der Waals surface area contributed by atoms with E-state index in [1.54, 1.807) is 0 Å². The zero-order valence-electron chi connectivity index (χ0n) is 9.44. The van der Waals surface area contributed by atoms with Gasteiger partial charge < -0.3 is 0 Å². The average Bonchev–Trinajstić information content (AvgIpc) is 2.80. The van der Waals surface area contributed by atoms with Crippen molar-refractivity contribution < 1.29 is 0 Å². The number of hydrogen-bond donors (Lipinski definition) is 0. The van der Waals surface area contributed by atoms with E-state index in [0.717, 1.165) is 12.8 Å². The molecule has 0 nitrogen and oxygen atoms in total. The molecule has 1 heterocycles. The summed E-state index contributed by atoms with van der Waals surface area (Å²) >= 11 is 1.84. The van der Waals surface area contributed by atoms with Crippen LogP contribution < -0.4 is 0 Å². The van der Waals surface area contributed by atoms with E-state index in [9.17, 15) is 0 Å². The molecule has 0 saturated carbocycles. The summed E-state index contributed by atoms with van der Waals surface area (Å²) in [5, 5.41) is 3.58. The van der Waals surface area contributed by atoms with Gasteiger partial charge in [-0.05, 0) is 64.1 Å². The van der Waals surface area contributed by atoms with Crippen LogP contribution in [0, 0.1) is 0 Å². The Bertz CT molecular complexity index is 647. The Labute approximate surface area is 105 Å². The molecule has 0 bridgehead atoms. The minimum Gasteiger partial charge on any atom is -0.144 e. The second kappa shape index (κ2) is 3.44. The molecule has 2 aromatic carbocycles. The van der Waals surface area contributed by atoms with E-state index >= 15 is 0 Å². The maximum absolute atomic E-state index is 2.38. The zero-order valence-corrected chi connectivity index (χ0v) is 10.3. The van der Waals surface area contributed by atoms with Crippen LogP contribution in [0.5, 0.6) is 0 Å². The molecule has 0 amide bonds. The Morgan fingerprint density at radius 3 is 2.24 bits per heavy atom. The maximum atomic E-state index is 2.38. The number of benzene rings is 2. The summed E-state index contributed by atoms with van der Waals surface area (Å²) in [5.41, 5.74) is 6.01. The number of rotatable bonds is 0. The third-order valence-corrected chi connectivity index (χ3v) is 4.53. The van der Waals surface area contributed by atoms with E-state index < -0.39 is 0 Å². The molecule has 0 atom stereocenters. The van der Waals surface area contributed by atoms with Gasteiger partial charge in [0.2, 0.25) is 0 Å². The smallest absolute Gasteiger partial charge is 0.0345 e. The molecular formula is C16H12S. The molecule has 0 fully saturated rings. The Morgan fingerprint density at radius 2 is 1.47 bits per heavy atom. The van der Waals surface area contributed by atoms with Crippen LogP contribution in [0.1, 0.15) is 22.3 Å². The molecule has 1 aliphatic carbocycles. The summed E-state index contributed by atoms with van der Waals surface area (Å²) < 4.78 is 1.42. The average molecular weight is 236 g/mol. The molecule has 1 aliphatic rings. The summed E-state index contributed by atoms with van der Waals surface area (Å²) in [6, 6.07) is 15.8. The van der Waals surface area contributed by atoms with Gasteiger partial charge in [0.05, 0.1) is 0 Å². The first kappa shape index (κ1) is 9.43. The van der Waals surface area contributed by atoms with Crippen LogP contribution in [-0.2, 0) is 12.8 Å². The van der Waals surface area contributed by atoms with Crippen LogP contribution in [0.25, 0.3) is 10.1 Å². The lowest BCUT2D eigenvalue weighted by Crippen LogP contribution is -2.06. The first-order valence-electron chi connectivity index (χ1n) is 5.96. The van der Waals surface area contributed by atoms with E-state index in [-0.39, 0.29) is 0 Å². The largest absolute Gasteiger partial charge is 0.144 e. The van der Waals surface area contributed by atoms with Gasteiger partial charge in [0.15, 0.2) is 0 Å². The van der Waals surface area contributed by atoms with Gasteiger partial charge in [0.1, 0.15) is 0 Å². The van der Waals surface area contributed by atoms with Gasteiger partial charge >= 0.3 is 0 Å². The number of thiophene rings is 1. The van der Waals surface area contributed by atoms with Crippen molar-refractivity contribution in [2.75, 3.05) is 0 Å². The Morgan fingerprint density at radius 1 is 0.765 bits per heavy atom. The molecule has 3 aromatic rings. The van der Waals surface area contributed by atoms with Crippen LogP contribution in [0.2, 0.25) is 0 Å². The highest BCUT2D eigenvalue weighted by Gasteiger charge is 2.15. The SMILES string of the molecule is c1ccc2c(c1)Cc1cc3ccsc3cc1C2. The highest BCUT2D eigenvalue weighted by molar-refractivity contribution is 7.17. The molecule has 0 saturated heterocycles. The molecular weight excluding hydrogens is 224 g/mol. The van der Waals surface area contributed by atoms with Crippen LogP contribution in [0.15, 0.2) is 47.8 Å². The second-order valence-electron chi connectivity index (χ2n) is 4.70. The van der Waals surface area contributed by atoms with Gasteiger partial charge in [0, 0.05) is 4.70 Å². The normalized spacial score (nSPS) is 13.4. The maximum Gasteiger partial charge on any atom is 0.0345 e. The predicted molar refractivity (Wildman–Crippen MR) is 73.9 cm³/mol. The first-order valence-corrected chi connectivity index (χ1v) is 6.84. The van der Waals surface area contributed by atoms with Crippen molar-refractivity contribution in [1.29, 1.82) is 0 Å². The van der Waals surface area contributed by atoms with Crippen LogP contribution >= 0.6 is 11.3 Å². The fourth-order valence-corrected chi connectivity index (χ4v) is 3.58. The second-order valence-corrected chi connectivity index (χ2v) is 5.65. The minimum absolute atomic E-state index is 1.09. The molecule has 0 unspecified atom stereocenters. The van der Waals surface area contributed by atoms with Crippen molar-refractivity contribution in [3.05, 3.63) is 70.1 Å². The predicted octanol–water partition coefficient (Wildman–Crippen LogP) is 4.40. The molecule has 1 heteroatoms. The molecule has 17 heavy (non-hydrogen) atoms. The summed E-state index contributed by atoms with van der Waals surface area (Å²) in [7, 11) is 0. The topological polar surface area (TPSA) is 0 Å². The van der Waals surface area contributed by atoms with Gasteiger partial charge in [0.25, 0.3) is 0 Å². The molecule has 0 spiro atoms. The van der Waals surface area contributed by atoms with Crippen molar-refractivity contribution in [1.82, 2.24) is 0 Å². The van der Waals surface area contributed by atoms with E-state index in [0.29, 0.717) is 0 Å². The fraction of sp³-hybridized carbons (Fsp3) is 0.125. The molecule has 4 rings (SSSR count). The van der Waals surface area contributed by atoms with Gasteiger partial charge in [-0.2, -0.15) is 0 Å². The van der Waals surface area contributed by atoms with Crippen molar-refractivity contribution >= 4 is 21.4 Å². The standard InChI is InChI=1S/C16H12S/c1-2-4-12-8-15-10-16-13(5-6-17-16)9-14(15)7-11(12)3-1/h1-6,9-10H,7-8H2. The molecule has 0 radical (unpaired) electrons. The van der Waals surface area contributed by atoms with Crippen molar-refractivity contribution in [3.63, 3.8) is 0 Å². The number of fused-ring (bicyclic) bond motifs is 3. The first-order chi connectivity index (χ1) is 8.40. The van der Waals surface area contributed by atoms with Crippen molar-refractivity contribution in [3.8, 4) is 0 Å². The lowest BCUT2D eigenvalue weighted by atomic mass is 9.86. The summed E-state index contributed by atoms with van der Waals surface area (Å²) in [5.74, 6) is 0. The monoisotopic (exact) mass is 236 g/mol. The van der Waals surface area contributed by atoms with Crippen LogP contribution in [0.3, 0.4) is 0 Å². The summed E-state index contributed by atoms with van der Waals surface area (Å²) in [4.78, 5) is 0. The van der Waals surface area contributed by atoms with Crippen molar-refractivity contribution in [2.45, 2.75) is 12.8 Å². The highest BCUT2D eigenvalue weighted by atomic mass is 32.1. The molecule has 82 valence electrons. The Kier molecular flexibility index (Phi) is 1.91. The molecule has 1 aromatic heterocycles. The fourth-order valence-electron chi connectivity index (χ4n) is 2.74. The Balaban J connectivity index is 1.93. The number of hydrogen-bond acceptors (Lipinski definition) is 1. The molecule has 0 aliphatic heterocycles. The molecule has 0 N–H and O–H groups in total. The van der Waals surface area contributed by atoms with Gasteiger partial charge in [-0.15, -0.1) is 11.3 Å². The third-order valence-electron chi connectivity index (χ3n) is 3.65. The third kappa shape index (κ3) is 1.43. The highest BCUT2D eigenvalue weighted by Crippen LogP contribution is 2.32. The van der Waals surface area contributed by atoms with E-state index in [1.165, 1.54) is 32.3 Å². The van der Waals surface area contributed by atoms with Crippen molar-refractivity contribution in [2.24, 2.45) is 0 Å². The van der Waals surface area contributed by atoms with E-state index in [4.69, 9.17) is 0 Å². The quantitative estimate of drug-likeness (QED) is 0.424. The van der Waals surface area contributed by atoms with Crippen LogP contribution in [0.4, 0.5) is 0 Å². The lowest BCUT2D eigenvalue weighted by Gasteiger charge is -2.19. The van der Waals surface area contributed by atoms with Gasteiger partial charge in [-0.1, -0.05) is 24.3 Å². The minimum atomic E-state index is 1.09. The summed E-state index contributed by atoms with van der Waals surface area (Å²) in [6.07, 6.45) is 2.19. The Hall–Kier alpha value is -1.60. The zero-order chi connectivity index (χ0) is 11.2.